The molecule has 2 N–H and O–H groups in total. The second kappa shape index (κ2) is 11.0. The van der Waals surface area contributed by atoms with Gasteiger partial charge < -0.3 is 15.0 Å². The van der Waals surface area contributed by atoms with Crippen molar-refractivity contribution in [3.05, 3.63) is 29.3 Å². The van der Waals surface area contributed by atoms with Gasteiger partial charge in [0, 0.05) is 23.7 Å². The molecule has 1 aliphatic heterocycles. The predicted octanol–water partition coefficient (Wildman–Crippen LogP) is 2.57. The largest absolute Gasteiger partial charge is 0.376 e. The van der Waals surface area contributed by atoms with Crippen LogP contribution in [0.1, 0.15) is 47.5 Å². The topological polar surface area (TPSA) is 105 Å². The minimum atomic E-state index is -3.92. The number of nitrogens with zero attached hydrogens (tertiary/aromatic N) is 1. The van der Waals surface area contributed by atoms with Gasteiger partial charge in [0.15, 0.2) is 0 Å². The summed E-state index contributed by atoms with van der Waals surface area (Å²) in [6.45, 7) is 9.70. The summed E-state index contributed by atoms with van der Waals surface area (Å²) >= 11 is 5.83. The maximum atomic E-state index is 13.2. The lowest BCUT2D eigenvalue weighted by atomic mass is 9.98. The van der Waals surface area contributed by atoms with Crippen molar-refractivity contribution in [2.45, 2.75) is 70.0 Å². The normalized spacial score (nSPS) is 17.9. The molecule has 0 radical (unpaired) electrons. The van der Waals surface area contributed by atoms with Gasteiger partial charge in [-0.3, -0.25) is 9.59 Å². The quantitative estimate of drug-likeness (QED) is 0.557. The third-order valence-corrected chi connectivity index (χ3v) is 6.69. The molecular weight excluding hydrogens is 454 g/mol. The molecule has 32 heavy (non-hydrogen) atoms. The van der Waals surface area contributed by atoms with E-state index in [2.05, 4.69) is 10.0 Å². The van der Waals surface area contributed by atoms with Crippen molar-refractivity contribution >= 4 is 33.4 Å². The molecule has 1 aromatic carbocycles. The molecule has 10 heteroatoms. The molecule has 1 fully saturated rings. The van der Waals surface area contributed by atoms with Crippen molar-refractivity contribution in [2.24, 2.45) is 5.92 Å². The number of hydrogen-bond acceptors (Lipinski definition) is 5. The summed E-state index contributed by atoms with van der Waals surface area (Å²) < 4.78 is 33.3. The first-order valence-electron chi connectivity index (χ1n) is 10.8. The summed E-state index contributed by atoms with van der Waals surface area (Å²) in [6, 6.07) is 4.91. The zero-order chi connectivity index (χ0) is 24.1. The minimum absolute atomic E-state index is 0.00580. The smallest absolute Gasteiger partial charge is 0.243 e. The molecule has 2 rings (SSSR count). The molecule has 0 unspecified atom stereocenters. The summed E-state index contributed by atoms with van der Waals surface area (Å²) in [5.74, 6) is -0.948. The SMILES string of the molecule is CC(C)[C@H](C(=O)NC(C)(C)C)N(C[C@@H]1CCCO1)C(=O)CNS(=O)(=O)c1ccc(Cl)cc1. The van der Waals surface area contributed by atoms with E-state index in [1.54, 1.807) is 0 Å². The van der Waals surface area contributed by atoms with Crippen LogP contribution >= 0.6 is 11.6 Å². The van der Waals surface area contributed by atoms with Crippen LogP contribution in [0.2, 0.25) is 5.02 Å². The Morgan fingerprint density at radius 3 is 2.34 bits per heavy atom. The second-order valence-electron chi connectivity index (χ2n) is 9.39. The van der Waals surface area contributed by atoms with Crippen molar-refractivity contribution in [3.63, 3.8) is 0 Å². The van der Waals surface area contributed by atoms with E-state index in [-0.39, 0.29) is 29.4 Å². The van der Waals surface area contributed by atoms with Crippen LogP contribution in [0.3, 0.4) is 0 Å². The first-order valence-corrected chi connectivity index (χ1v) is 12.6. The van der Waals surface area contributed by atoms with E-state index in [4.69, 9.17) is 16.3 Å². The highest BCUT2D eigenvalue weighted by Crippen LogP contribution is 2.20. The molecule has 1 saturated heterocycles. The van der Waals surface area contributed by atoms with Crippen molar-refractivity contribution < 1.29 is 22.7 Å². The highest BCUT2D eigenvalue weighted by Gasteiger charge is 2.36. The Balaban J connectivity index is 2.22. The van der Waals surface area contributed by atoms with Crippen molar-refractivity contribution in [1.82, 2.24) is 14.9 Å². The highest BCUT2D eigenvalue weighted by molar-refractivity contribution is 7.89. The molecule has 2 atom stereocenters. The van der Waals surface area contributed by atoms with E-state index in [9.17, 15) is 18.0 Å². The fourth-order valence-corrected chi connectivity index (χ4v) is 4.68. The number of rotatable bonds is 9. The van der Waals surface area contributed by atoms with Gasteiger partial charge in [0.25, 0.3) is 0 Å². The number of ether oxygens (including phenoxy) is 1. The molecule has 0 aromatic heterocycles. The molecule has 2 amide bonds. The number of carbonyl (C=O) groups is 2. The zero-order valence-electron chi connectivity index (χ0n) is 19.4. The van der Waals surface area contributed by atoms with Crippen molar-refractivity contribution in [1.29, 1.82) is 0 Å². The molecule has 180 valence electrons. The highest BCUT2D eigenvalue weighted by atomic mass is 35.5. The van der Waals surface area contributed by atoms with Crippen LogP contribution in [0.25, 0.3) is 0 Å². The van der Waals surface area contributed by atoms with Crippen molar-refractivity contribution in [3.8, 4) is 0 Å². The molecule has 0 bridgehead atoms. The Kier molecular flexibility index (Phi) is 9.10. The Morgan fingerprint density at radius 1 is 1.22 bits per heavy atom. The minimum Gasteiger partial charge on any atom is -0.376 e. The maximum Gasteiger partial charge on any atom is 0.243 e. The average molecular weight is 488 g/mol. The van der Waals surface area contributed by atoms with Crippen LogP contribution < -0.4 is 10.0 Å². The zero-order valence-corrected chi connectivity index (χ0v) is 20.9. The maximum absolute atomic E-state index is 13.2. The molecule has 0 saturated carbocycles. The van der Waals surface area contributed by atoms with Gasteiger partial charge in [0.2, 0.25) is 21.8 Å². The van der Waals surface area contributed by atoms with Gasteiger partial charge >= 0.3 is 0 Å². The second-order valence-corrected chi connectivity index (χ2v) is 11.6. The summed E-state index contributed by atoms with van der Waals surface area (Å²) in [7, 11) is -3.92. The molecule has 8 nitrogen and oxygen atoms in total. The first kappa shape index (κ1) is 26.6. The molecule has 1 aromatic rings. The number of nitrogens with one attached hydrogen (secondary N) is 2. The monoisotopic (exact) mass is 487 g/mol. The number of hydrogen-bond donors (Lipinski definition) is 2. The van der Waals surface area contributed by atoms with Gasteiger partial charge in [0.05, 0.1) is 17.5 Å². The van der Waals surface area contributed by atoms with E-state index in [1.165, 1.54) is 29.2 Å². The van der Waals surface area contributed by atoms with Crippen LogP contribution in [0.5, 0.6) is 0 Å². The van der Waals surface area contributed by atoms with E-state index >= 15 is 0 Å². The predicted molar refractivity (Wildman–Crippen MR) is 124 cm³/mol. The van der Waals surface area contributed by atoms with Crippen LogP contribution in [-0.4, -0.2) is 62.5 Å². The van der Waals surface area contributed by atoms with Crippen molar-refractivity contribution in [2.75, 3.05) is 19.7 Å². The summed E-state index contributed by atoms with van der Waals surface area (Å²) in [5, 5.41) is 3.35. The fourth-order valence-electron chi connectivity index (χ4n) is 3.58. The Labute approximate surface area is 196 Å². The number of sulfonamides is 1. The Morgan fingerprint density at radius 2 is 1.84 bits per heavy atom. The number of amides is 2. The third kappa shape index (κ3) is 7.72. The number of halogens is 1. The summed E-state index contributed by atoms with van der Waals surface area (Å²) in [4.78, 5) is 27.8. The van der Waals surface area contributed by atoms with Gasteiger partial charge in [0.1, 0.15) is 6.04 Å². The number of carbonyl (C=O) groups excluding carboxylic acids is 2. The Bertz CT molecular complexity index is 891. The van der Waals surface area contributed by atoms with E-state index < -0.39 is 34.1 Å². The number of benzene rings is 1. The lowest BCUT2D eigenvalue weighted by Crippen LogP contribution is -2.58. The van der Waals surface area contributed by atoms with Crippen LogP contribution in [0.15, 0.2) is 29.2 Å². The van der Waals surface area contributed by atoms with E-state index in [0.717, 1.165) is 12.8 Å². The first-order chi connectivity index (χ1) is 14.8. The third-order valence-electron chi connectivity index (χ3n) is 5.02. The molecule has 1 heterocycles. The van der Waals surface area contributed by atoms with Gasteiger partial charge in [-0.2, -0.15) is 0 Å². The summed E-state index contributed by atoms with van der Waals surface area (Å²) in [6.07, 6.45) is 1.48. The molecule has 0 spiro atoms. The van der Waals surface area contributed by atoms with E-state index in [1.807, 2.05) is 34.6 Å². The molecular formula is C22H34ClN3O5S. The lowest BCUT2D eigenvalue weighted by molar-refractivity contribution is -0.143. The lowest BCUT2D eigenvalue weighted by Gasteiger charge is -2.36. The fraction of sp³-hybridized carbons (Fsp3) is 0.636. The standard InChI is InChI=1S/C22H34ClN3O5S/c1-15(2)20(21(28)25-22(3,4)5)26(14-17-7-6-12-31-17)19(27)13-24-32(29,30)18-10-8-16(23)9-11-18/h8-11,15,17,20,24H,6-7,12-14H2,1-5H3,(H,25,28)/t17-,20+/m0/s1. The average Bonchev–Trinajstić information content (AvgIpc) is 3.17. The molecule has 1 aliphatic rings. The van der Waals surface area contributed by atoms with Crippen LogP contribution in [0, 0.1) is 5.92 Å². The summed E-state index contributed by atoms with van der Waals surface area (Å²) in [5.41, 5.74) is -0.473. The van der Waals surface area contributed by atoms with E-state index in [0.29, 0.717) is 11.6 Å². The van der Waals surface area contributed by atoms with Crippen LogP contribution in [-0.2, 0) is 24.3 Å². The van der Waals surface area contributed by atoms with Gasteiger partial charge in [-0.05, 0) is 63.8 Å². The molecule has 0 aliphatic carbocycles. The Hall–Kier alpha value is -1.68. The van der Waals surface area contributed by atoms with Crippen LogP contribution in [0.4, 0.5) is 0 Å². The van der Waals surface area contributed by atoms with Gasteiger partial charge in [-0.15, -0.1) is 0 Å². The van der Waals surface area contributed by atoms with Gasteiger partial charge in [-0.1, -0.05) is 25.4 Å². The van der Waals surface area contributed by atoms with Gasteiger partial charge in [-0.25, -0.2) is 13.1 Å².